The summed E-state index contributed by atoms with van der Waals surface area (Å²) in [7, 11) is -4.75. The number of nitrogens with one attached hydrogen (secondary N) is 4. The van der Waals surface area contributed by atoms with Gasteiger partial charge in [-0.3, -0.25) is 9.59 Å². The van der Waals surface area contributed by atoms with Gasteiger partial charge in [-0.1, -0.05) is 49.4 Å². The monoisotopic (exact) mass is 1130 g/mol. The fourth-order valence-electron chi connectivity index (χ4n) is 10.4. The molecule has 2 aromatic heterocycles. The highest BCUT2D eigenvalue weighted by Crippen LogP contribution is 2.38. The van der Waals surface area contributed by atoms with Gasteiger partial charge in [0.25, 0.3) is 0 Å². The van der Waals surface area contributed by atoms with Gasteiger partial charge < -0.3 is 39.9 Å². The van der Waals surface area contributed by atoms with Crippen molar-refractivity contribution in [2.24, 2.45) is 5.92 Å². The molecule has 6 atom stereocenters. The summed E-state index contributed by atoms with van der Waals surface area (Å²) in [5, 5.41) is 4.49. The van der Waals surface area contributed by atoms with Gasteiger partial charge in [-0.15, -0.1) is 0 Å². The summed E-state index contributed by atoms with van der Waals surface area (Å²) < 4.78 is 62.5. The number of hydrogen-bond donors (Lipinski definition) is 4. The number of hydrogen-bond acceptors (Lipinski definition) is 14. The average Bonchev–Trinajstić information content (AvgIpc) is 4.24. The Labute approximate surface area is 459 Å². The number of carbonyl (C=O) groups excluding carboxylic acids is 4. The molecule has 414 valence electrons. The van der Waals surface area contributed by atoms with E-state index in [4.69, 9.17) is 19.4 Å². The number of rotatable bonds is 16. The zero-order valence-corrected chi connectivity index (χ0v) is 48.0. The van der Waals surface area contributed by atoms with Crippen molar-refractivity contribution in [2.45, 2.75) is 88.2 Å². The minimum absolute atomic E-state index is 0.00494. The number of thioether (sulfide) groups is 2. The number of sulfone groups is 1. The fraction of sp³-hybridized carbons (Fsp3) is 0.481. The van der Waals surface area contributed by atoms with Gasteiger partial charge in [0.2, 0.25) is 21.8 Å². The zero-order valence-electron chi connectivity index (χ0n) is 44.8. The fourth-order valence-corrected chi connectivity index (χ4v) is 13.0. The van der Waals surface area contributed by atoms with Gasteiger partial charge >= 0.3 is 12.2 Å². The van der Waals surface area contributed by atoms with Crippen molar-refractivity contribution >= 4 is 95.0 Å². The van der Waals surface area contributed by atoms with E-state index in [1.54, 1.807) is 0 Å². The number of ether oxygens (including phenoxy) is 2. The Kier molecular flexibility index (Phi) is 18.2. The van der Waals surface area contributed by atoms with Gasteiger partial charge in [-0.05, 0) is 145 Å². The molecule has 0 saturated carbocycles. The van der Waals surface area contributed by atoms with Crippen molar-refractivity contribution < 1.29 is 45.5 Å². The van der Waals surface area contributed by atoms with Crippen LogP contribution in [-0.4, -0.2) is 163 Å². The quantitative estimate of drug-likeness (QED) is 0.0753. The molecule has 4 aliphatic rings. The summed E-state index contributed by atoms with van der Waals surface area (Å²) in [5.74, 6) is 1.52. The number of aromatic nitrogens is 4. The number of nitrogens with zero attached hydrogens (tertiary/aromatic N) is 5. The van der Waals surface area contributed by atoms with Crippen molar-refractivity contribution in [2.75, 3.05) is 70.5 Å². The Morgan fingerprint density at radius 1 is 0.766 bits per heavy atom. The van der Waals surface area contributed by atoms with E-state index in [0.717, 1.165) is 70.8 Å². The Bertz CT molecular complexity index is 3320. The van der Waals surface area contributed by atoms with E-state index in [1.807, 2.05) is 36.8 Å². The number of aromatic amines is 2. The predicted molar refractivity (Wildman–Crippen MR) is 304 cm³/mol. The van der Waals surface area contributed by atoms with Crippen LogP contribution >= 0.6 is 23.5 Å². The molecule has 77 heavy (non-hydrogen) atoms. The number of aryl methyl sites for hydroxylation is 2. The van der Waals surface area contributed by atoms with E-state index in [1.165, 1.54) is 69.2 Å². The number of methoxy groups -OCH3 is 2. The summed E-state index contributed by atoms with van der Waals surface area (Å²) in [5.41, 5.74) is 10.5. The van der Waals surface area contributed by atoms with E-state index >= 15 is 0 Å². The standard InChI is InChI=1S/C54H69N9O10S4/c1-32-9-13-35(33(2)37-17-19-41-45(26-37)57-49(55-41)47-28-39(76(7,68)69)29-62(47)51(64)43(21-23-74-5)59-53(66)72-3)15-11-34-12-16-36(14-10-32)40(25-34)38-18-20-42-46(27-38)58-50(56-42)48-30-61(77(8,70)71)31-63(48)52(65)44(22-24-75-6)60-54(67)73-4/h9,12-13,16-20,25-27,32,39,43-44,47-48H,10-11,14-15,21-24,28-31H2,1-8H3,(H,55,57)(H,56,58)(H,59,66)(H,60,67)/b13-9-,35-33-/t32-,39?,43-,44-,47-,48-/m0/s1. The Morgan fingerprint density at radius 2 is 1.38 bits per heavy atom. The summed E-state index contributed by atoms with van der Waals surface area (Å²) in [6, 6.07) is 15.5. The maximum atomic E-state index is 14.2. The van der Waals surface area contributed by atoms with Crippen LogP contribution in [0.25, 0.3) is 38.8 Å². The van der Waals surface area contributed by atoms with Crippen LogP contribution in [0.3, 0.4) is 0 Å². The minimum Gasteiger partial charge on any atom is -0.453 e. The molecule has 2 aliphatic carbocycles. The van der Waals surface area contributed by atoms with Gasteiger partial charge in [0.1, 0.15) is 29.8 Å². The van der Waals surface area contributed by atoms with E-state index in [0.29, 0.717) is 47.0 Å². The van der Waals surface area contributed by atoms with E-state index < -0.39 is 73.3 Å². The molecule has 1 unspecified atom stereocenters. The lowest BCUT2D eigenvalue weighted by Gasteiger charge is -2.28. The molecule has 4 N–H and O–H groups in total. The van der Waals surface area contributed by atoms with Gasteiger partial charge in [0.15, 0.2) is 9.84 Å². The molecule has 2 aliphatic heterocycles. The SMILES string of the molecule is COC(=O)N[C@@H](CCSC)C(=O)N1CC(S(C)(=O)=O)C[C@H]1c1nc2cc(/C(C)=C3/C=C\[C@H](C)CCc4ccc(cc4-c4ccc5[nH]c([C@@H]6CN(S(C)(=O)=O)CN6C(=O)[C@H](CCSC)NC(=O)OC)nc5c4)CC3)ccc2[nH]1. The molecule has 23 heteroatoms. The number of imidazole rings is 2. The Balaban J connectivity index is 1.06. The molecule has 9 rings (SSSR count). The number of H-pyrrole nitrogens is 2. The molecular formula is C54H69N9O10S4. The first kappa shape index (κ1) is 57.3. The van der Waals surface area contributed by atoms with Crippen molar-refractivity contribution in [3.8, 4) is 11.1 Å². The second kappa shape index (κ2) is 24.4. The normalized spacial score (nSPS) is 21.4. The minimum atomic E-state index is -3.69. The van der Waals surface area contributed by atoms with Crippen LogP contribution in [-0.2, 0) is 51.8 Å². The topological polar surface area (TPSA) is 246 Å². The lowest BCUT2D eigenvalue weighted by Crippen LogP contribution is -2.49. The number of amides is 4. The molecule has 5 aromatic rings. The van der Waals surface area contributed by atoms with Gasteiger partial charge in [0.05, 0.1) is 60.5 Å². The maximum absolute atomic E-state index is 14.2. The predicted octanol–water partition coefficient (Wildman–Crippen LogP) is 7.40. The number of allylic oxidation sites excluding steroid dienone is 4. The van der Waals surface area contributed by atoms with Crippen LogP contribution in [0.15, 0.2) is 72.3 Å². The van der Waals surface area contributed by atoms with Crippen LogP contribution in [0.1, 0.15) is 86.4 Å². The molecule has 2 bridgehead atoms. The summed E-state index contributed by atoms with van der Waals surface area (Å²) in [6.07, 6.45) is 13.2. The second-order valence-corrected chi connectivity index (χ2v) is 26.5. The number of fused-ring (bicyclic) bond motifs is 10. The van der Waals surface area contributed by atoms with Crippen molar-refractivity contribution in [1.29, 1.82) is 0 Å². The third kappa shape index (κ3) is 13.3. The lowest BCUT2D eigenvalue weighted by molar-refractivity contribution is -0.135. The molecule has 3 aromatic carbocycles. The number of benzene rings is 3. The Hall–Kier alpha value is -5.88. The van der Waals surface area contributed by atoms with E-state index in [-0.39, 0.29) is 32.1 Å². The first-order valence-corrected chi connectivity index (χ1v) is 32.2. The number of carbonyl (C=O) groups is 4. The highest BCUT2D eigenvalue weighted by Gasteiger charge is 2.45. The highest BCUT2D eigenvalue weighted by molar-refractivity contribution is 7.98. The van der Waals surface area contributed by atoms with Gasteiger partial charge in [-0.25, -0.2) is 36.4 Å². The summed E-state index contributed by atoms with van der Waals surface area (Å²) >= 11 is 3.06. The molecule has 4 heterocycles. The molecule has 2 saturated heterocycles. The average molecular weight is 1130 g/mol. The number of alkyl carbamates (subject to hydrolysis) is 2. The summed E-state index contributed by atoms with van der Waals surface area (Å²) in [4.78, 5) is 72.7. The van der Waals surface area contributed by atoms with Crippen LogP contribution in [0.5, 0.6) is 0 Å². The van der Waals surface area contributed by atoms with E-state index in [2.05, 4.69) is 76.9 Å². The third-order valence-corrected chi connectivity index (χ3v) is 19.0. The largest absolute Gasteiger partial charge is 0.453 e. The van der Waals surface area contributed by atoms with Gasteiger partial charge in [-0.2, -0.15) is 27.8 Å². The zero-order chi connectivity index (χ0) is 55.3. The molecule has 0 radical (unpaired) electrons. The van der Waals surface area contributed by atoms with Crippen LogP contribution in [0, 0.1) is 5.92 Å². The number of sulfonamides is 1. The summed E-state index contributed by atoms with van der Waals surface area (Å²) in [6.45, 7) is 4.12. The smallest absolute Gasteiger partial charge is 0.407 e. The van der Waals surface area contributed by atoms with Crippen molar-refractivity contribution in [1.82, 2.24) is 44.7 Å². The Morgan fingerprint density at radius 3 is 1.99 bits per heavy atom. The molecule has 0 spiro atoms. The number of likely N-dealkylation sites (tertiary alicyclic amines) is 1. The second-order valence-electron chi connectivity index (χ2n) is 20.2. The van der Waals surface area contributed by atoms with Crippen LogP contribution in [0.4, 0.5) is 9.59 Å². The van der Waals surface area contributed by atoms with Crippen LogP contribution in [0.2, 0.25) is 0 Å². The van der Waals surface area contributed by atoms with Crippen molar-refractivity contribution in [3.05, 3.63) is 101 Å². The van der Waals surface area contributed by atoms with Gasteiger partial charge in [0, 0.05) is 19.3 Å². The van der Waals surface area contributed by atoms with E-state index in [9.17, 15) is 36.0 Å². The molecule has 2 fully saturated rings. The molecule has 19 nitrogen and oxygen atoms in total. The third-order valence-electron chi connectivity index (χ3n) is 15.0. The first-order chi connectivity index (χ1) is 36.7. The maximum Gasteiger partial charge on any atom is 0.407 e. The highest BCUT2D eigenvalue weighted by atomic mass is 32.2. The lowest BCUT2D eigenvalue weighted by atomic mass is 9.88. The van der Waals surface area contributed by atoms with Crippen LogP contribution < -0.4 is 10.6 Å². The molecular weight excluding hydrogens is 1060 g/mol. The van der Waals surface area contributed by atoms with Crippen molar-refractivity contribution in [3.63, 3.8) is 0 Å². The first-order valence-electron chi connectivity index (χ1n) is 25.6. The molecule has 4 amide bonds.